The van der Waals surface area contributed by atoms with Crippen LogP contribution in [-0.2, 0) is 0 Å². The van der Waals surface area contributed by atoms with Crippen LogP contribution in [0, 0.1) is 6.92 Å². The number of anilines is 1. The maximum absolute atomic E-state index is 12.3. The highest BCUT2D eigenvalue weighted by Gasteiger charge is 2.31. The van der Waals surface area contributed by atoms with E-state index in [0.29, 0.717) is 0 Å². The molecule has 0 aliphatic carbocycles. The summed E-state index contributed by atoms with van der Waals surface area (Å²) in [5.41, 5.74) is 6.67. The van der Waals surface area contributed by atoms with Crippen LogP contribution in [0.2, 0.25) is 0 Å². The molecule has 0 aromatic heterocycles. The first kappa shape index (κ1) is 17.9. The molecule has 0 atom stereocenters. The fourth-order valence-corrected chi connectivity index (χ4v) is 2.67. The number of carbonyl (C=O) groups is 1. The second kappa shape index (κ2) is 7.14. The van der Waals surface area contributed by atoms with Crippen molar-refractivity contribution in [2.75, 3.05) is 5.01 Å². The van der Waals surface area contributed by atoms with E-state index in [2.05, 4.69) is 10.9 Å². The lowest BCUT2D eigenvalue weighted by Gasteiger charge is -2.25. The third kappa shape index (κ3) is 4.38. The van der Waals surface area contributed by atoms with Gasteiger partial charge in [-0.15, -0.1) is 5.53 Å². The molecule has 1 aliphatic rings. The summed E-state index contributed by atoms with van der Waals surface area (Å²) < 4.78 is -1.89. The highest BCUT2D eigenvalue weighted by atomic mass is 35.6. The highest BCUT2D eigenvalue weighted by molar-refractivity contribution is 6.67. The monoisotopic (exact) mass is 396 g/mol. The van der Waals surface area contributed by atoms with Gasteiger partial charge < -0.3 is 0 Å². The van der Waals surface area contributed by atoms with Gasteiger partial charge in [0.25, 0.3) is 3.92 Å². The first-order valence-electron chi connectivity index (χ1n) is 7.42. The quantitative estimate of drug-likeness (QED) is 0.576. The topological polar surface area (TPSA) is 47.6 Å². The molecule has 0 unspecified atom stereocenters. The van der Waals surface area contributed by atoms with Crippen molar-refractivity contribution in [3.05, 3.63) is 71.9 Å². The van der Waals surface area contributed by atoms with Gasteiger partial charge in [0.2, 0.25) is 0 Å². The molecule has 0 spiro atoms. The zero-order valence-corrected chi connectivity index (χ0v) is 15.5. The number of carbonyl (C=O) groups excluding carboxylic acids is 1. The minimum Gasteiger partial charge on any atom is -0.292 e. The van der Waals surface area contributed by atoms with E-state index in [-0.39, 0.29) is 0 Å². The fraction of sp³-hybridized carbons (Fsp3) is 0.118. The van der Waals surface area contributed by atoms with Crippen LogP contribution in [0.4, 0.5) is 10.5 Å². The molecule has 2 aromatic carbocycles. The lowest BCUT2D eigenvalue weighted by atomic mass is 10.1. The molecular formula is C17H15Cl3N4O. The van der Waals surface area contributed by atoms with Crippen molar-refractivity contribution >= 4 is 52.2 Å². The third-order valence-electron chi connectivity index (χ3n) is 3.50. The van der Waals surface area contributed by atoms with Crippen LogP contribution in [-0.4, -0.2) is 15.0 Å². The predicted octanol–water partition coefficient (Wildman–Crippen LogP) is 4.57. The number of nitrogens with one attached hydrogen (secondary N) is 2. The van der Waals surface area contributed by atoms with Crippen LogP contribution >= 0.6 is 34.8 Å². The average molecular weight is 398 g/mol. The summed E-state index contributed by atoms with van der Waals surface area (Å²) in [5.74, 6) is 0. The van der Waals surface area contributed by atoms with Crippen molar-refractivity contribution in [3.63, 3.8) is 0 Å². The van der Waals surface area contributed by atoms with Crippen LogP contribution in [0.5, 0.6) is 0 Å². The Morgan fingerprint density at radius 3 is 2.44 bits per heavy atom. The number of hydrogen-bond donors (Lipinski definition) is 2. The van der Waals surface area contributed by atoms with Gasteiger partial charge in [-0.3, -0.25) is 10.3 Å². The molecule has 3 rings (SSSR count). The first-order valence-corrected chi connectivity index (χ1v) is 8.55. The molecule has 2 aromatic rings. The third-order valence-corrected chi connectivity index (χ3v) is 3.78. The predicted molar refractivity (Wildman–Crippen MR) is 102 cm³/mol. The van der Waals surface area contributed by atoms with Gasteiger partial charge in [0.05, 0.1) is 17.6 Å². The normalized spacial score (nSPS) is 14.5. The Balaban J connectivity index is 1.95. The Labute approximate surface area is 160 Å². The Kier molecular flexibility index (Phi) is 5.11. The van der Waals surface area contributed by atoms with Crippen LogP contribution in [0.3, 0.4) is 0 Å². The van der Waals surface area contributed by atoms with Gasteiger partial charge in [-0.25, -0.2) is 9.80 Å². The molecule has 0 fully saturated rings. The number of amides is 2. The van der Waals surface area contributed by atoms with E-state index in [1.54, 1.807) is 11.2 Å². The molecule has 130 valence electrons. The molecule has 0 radical (unpaired) electrons. The van der Waals surface area contributed by atoms with Gasteiger partial charge in [-0.2, -0.15) is 0 Å². The van der Waals surface area contributed by atoms with E-state index in [0.717, 1.165) is 22.5 Å². The maximum atomic E-state index is 12.3. The van der Waals surface area contributed by atoms with Crippen molar-refractivity contribution in [1.29, 1.82) is 0 Å². The Bertz CT molecular complexity index is 805. The number of alkyl halides is 3. The fourth-order valence-electron chi connectivity index (χ4n) is 2.43. The van der Waals surface area contributed by atoms with E-state index >= 15 is 0 Å². The Morgan fingerprint density at radius 1 is 1.08 bits per heavy atom. The zero-order valence-electron chi connectivity index (χ0n) is 13.2. The minimum atomic E-state index is -1.89. The van der Waals surface area contributed by atoms with Crippen LogP contribution in [0.25, 0.3) is 5.70 Å². The summed E-state index contributed by atoms with van der Waals surface area (Å²) >= 11 is 16.9. The molecule has 2 amide bonds. The molecule has 8 heteroatoms. The van der Waals surface area contributed by atoms with Crippen molar-refractivity contribution in [2.45, 2.75) is 10.8 Å². The van der Waals surface area contributed by atoms with E-state index in [1.165, 1.54) is 5.01 Å². The summed E-state index contributed by atoms with van der Waals surface area (Å²) in [6, 6.07) is 17.0. The molecule has 5 nitrogen and oxygen atoms in total. The largest absolute Gasteiger partial charge is 0.340 e. The summed E-state index contributed by atoms with van der Waals surface area (Å²) in [4.78, 5) is 12.3. The van der Waals surface area contributed by atoms with Gasteiger partial charge in [0.1, 0.15) is 0 Å². The molecule has 1 heterocycles. The van der Waals surface area contributed by atoms with Gasteiger partial charge in [-0.1, -0.05) is 77.3 Å². The molecule has 0 bridgehead atoms. The molecule has 1 aliphatic heterocycles. The molecule has 0 saturated carbocycles. The SMILES string of the molecule is Cc1cccc(N2NN(C(=O)NC(Cl)(Cl)Cl)C=C2c2ccccc2)c1. The summed E-state index contributed by atoms with van der Waals surface area (Å²) in [5, 5.41) is 5.29. The highest BCUT2D eigenvalue weighted by Crippen LogP contribution is 2.30. The minimum absolute atomic E-state index is 0.594. The smallest absolute Gasteiger partial charge is 0.292 e. The summed E-state index contributed by atoms with van der Waals surface area (Å²) in [6.07, 6.45) is 1.64. The van der Waals surface area contributed by atoms with Crippen molar-refractivity contribution in [3.8, 4) is 0 Å². The number of urea groups is 1. The number of hydrogen-bond acceptors (Lipinski definition) is 3. The summed E-state index contributed by atoms with van der Waals surface area (Å²) in [7, 11) is 0. The van der Waals surface area contributed by atoms with E-state index in [4.69, 9.17) is 34.8 Å². The number of rotatable bonds is 2. The molecule has 2 N–H and O–H groups in total. The second-order valence-corrected chi connectivity index (χ2v) is 7.73. The van der Waals surface area contributed by atoms with Gasteiger partial charge in [0, 0.05) is 5.56 Å². The lowest BCUT2D eigenvalue weighted by Crippen LogP contribution is -2.50. The first-order chi connectivity index (χ1) is 11.8. The van der Waals surface area contributed by atoms with E-state index in [9.17, 15) is 4.79 Å². The number of hydrazine groups is 2. The average Bonchev–Trinajstić information content (AvgIpc) is 2.99. The number of aryl methyl sites for hydroxylation is 1. The maximum Gasteiger partial charge on any atom is 0.340 e. The second-order valence-electron chi connectivity index (χ2n) is 5.45. The molecule has 0 saturated heterocycles. The van der Waals surface area contributed by atoms with Gasteiger partial charge >= 0.3 is 6.03 Å². The van der Waals surface area contributed by atoms with Gasteiger partial charge in [0.15, 0.2) is 0 Å². The number of nitrogens with zero attached hydrogens (tertiary/aromatic N) is 2. The molecular weight excluding hydrogens is 383 g/mol. The van der Waals surface area contributed by atoms with Crippen molar-refractivity contribution in [2.24, 2.45) is 0 Å². The van der Waals surface area contributed by atoms with E-state index < -0.39 is 9.95 Å². The number of benzene rings is 2. The standard InChI is InChI=1S/C17H15Cl3N4O/c1-12-6-5-9-14(10-12)24-15(13-7-3-2-4-8-13)11-23(22-24)16(25)21-17(18,19)20/h2-11,22H,1H3,(H,21,25). The van der Waals surface area contributed by atoms with Crippen LogP contribution in [0.15, 0.2) is 60.8 Å². The Morgan fingerprint density at radius 2 is 1.80 bits per heavy atom. The van der Waals surface area contributed by atoms with Crippen molar-refractivity contribution in [1.82, 2.24) is 15.9 Å². The van der Waals surface area contributed by atoms with E-state index in [1.807, 2.05) is 61.5 Å². The lowest BCUT2D eigenvalue weighted by molar-refractivity contribution is 0.202. The van der Waals surface area contributed by atoms with Gasteiger partial charge in [-0.05, 0) is 24.6 Å². The summed E-state index contributed by atoms with van der Waals surface area (Å²) in [6.45, 7) is 2.00. The number of halogens is 3. The van der Waals surface area contributed by atoms with Crippen LogP contribution < -0.4 is 15.9 Å². The van der Waals surface area contributed by atoms with Crippen molar-refractivity contribution < 1.29 is 4.79 Å². The molecule has 25 heavy (non-hydrogen) atoms. The zero-order chi connectivity index (χ0) is 18.0. The van der Waals surface area contributed by atoms with Crippen LogP contribution in [0.1, 0.15) is 11.1 Å². The Hall–Kier alpha value is -1.92.